The van der Waals surface area contributed by atoms with Gasteiger partial charge in [0.15, 0.2) is 0 Å². The summed E-state index contributed by atoms with van der Waals surface area (Å²) in [6.45, 7) is 2.87. The lowest BCUT2D eigenvalue weighted by molar-refractivity contribution is -0.147. The highest BCUT2D eigenvalue weighted by atomic mass is 32.2. The van der Waals surface area contributed by atoms with Gasteiger partial charge in [-0.25, -0.2) is 8.78 Å². The summed E-state index contributed by atoms with van der Waals surface area (Å²) in [6.07, 6.45) is 3.67. The number of aromatic amines is 2. The highest BCUT2D eigenvalue weighted by Crippen LogP contribution is 2.32. The Hall–Kier alpha value is -8.86. The van der Waals surface area contributed by atoms with Crippen LogP contribution >= 0.6 is 23.5 Å². The minimum atomic E-state index is -1.54. The van der Waals surface area contributed by atoms with Crippen molar-refractivity contribution in [2.24, 2.45) is 17.4 Å². The number of primary amides is 1. The second-order valence-electron chi connectivity index (χ2n) is 25.5. The van der Waals surface area contributed by atoms with Crippen molar-refractivity contribution in [1.82, 2.24) is 51.7 Å². The van der Waals surface area contributed by atoms with Gasteiger partial charge in [-0.1, -0.05) is 42.8 Å². The highest BCUT2D eigenvalue weighted by Gasteiger charge is 2.49. The molecule has 9 amide bonds. The summed E-state index contributed by atoms with van der Waals surface area (Å²) in [5.74, 6) is -7.57. The molecule has 9 rings (SSSR count). The molecule has 28 heteroatoms. The van der Waals surface area contributed by atoms with Crippen LogP contribution in [-0.4, -0.2) is 177 Å². The lowest BCUT2D eigenvalue weighted by atomic mass is 9.94. The molecule has 13 N–H and O–H groups in total. The summed E-state index contributed by atoms with van der Waals surface area (Å²) in [7, 11) is 1.31. The number of hydrogen-bond acceptors (Lipinski definition) is 15. The van der Waals surface area contributed by atoms with Gasteiger partial charge in [0.05, 0.1) is 12.6 Å². The molecule has 9 atom stereocenters. The number of fused-ring (bicyclic) bond motifs is 6. The topological polar surface area (TPSA) is 362 Å². The normalized spacial score (nSPS) is 24.2. The molecule has 4 aromatic carbocycles. The Labute approximate surface area is 574 Å². The molecule has 524 valence electrons. The number of nitrogens with two attached hydrogens (primary N) is 2. The summed E-state index contributed by atoms with van der Waals surface area (Å²) in [5.41, 5.74) is 14.4. The summed E-state index contributed by atoms with van der Waals surface area (Å²) < 4.78 is 35.5. The van der Waals surface area contributed by atoms with Crippen LogP contribution in [0.15, 0.2) is 97.3 Å². The number of carbonyl (C=O) groups is 10. The van der Waals surface area contributed by atoms with Crippen LogP contribution in [-0.2, 0) is 83.5 Å². The number of halogens is 2. The number of thioether (sulfide) groups is 2. The molecule has 3 aliphatic rings. The number of unbranched alkanes of at least 4 members (excludes halogenated alkanes) is 1. The predicted octanol–water partition coefficient (Wildman–Crippen LogP) is 4.37. The lowest BCUT2D eigenvalue weighted by Crippen LogP contribution is -2.64. The van der Waals surface area contributed by atoms with Crippen LogP contribution in [0.4, 0.5) is 8.78 Å². The van der Waals surface area contributed by atoms with Gasteiger partial charge in [-0.3, -0.25) is 47.9 Å². The molecule has 24 nitrogen and oxygen atoms in total. The van der Waals surface area contributed by atoms with Gasteiger partial charge in [-0.15, -0.1) is 0 Å². The lowest BCUT2D eigenvalue weighted by Gasteiger charge is -2.37. The van der Waals surface area contributed by atoms with Crippen molar-refractivity contribution in [1.29, 1.82) is 0 Å². The average Bonchev–Trinajstić information content (AvgIpc) is 1.60. The number of aromatic hydroxyl groups is 1. The standard InChI is InChI=1S/C70H86F2N12O12S2/c1-40(96-3)61-66(92)80-56(28-41-13-17-49(85)18-14-41)68(94)84-25-8-22-70(84,2)69(95)81-58(62(74)88)39-98-38-43-10-6-9-42(27-43)37-97-26-21-50(86)29-44(11-4-5-23-73)63(89)77-36-60(87)78-55(30-45-34-75-53-19-15-47(71)32-51(45)53)64(90)79-57(67(93)83-24-7-12-59(83)65(91)82-61)31-46-35-76-54-20-16-48(72)33-52(46)54/h6,9-10,13-20,27,32-35,40,44,55-59,61,75-76,85H,4-5,7-8,11-12,21-26,28-31,36-39,73H2,1-3H3,(H2,74,88)(H,77,89)(H,78,87)(H,79,90)(H,80,92)(H,81,95)(H,82,91)/t40-,44-,55+,56+,57+,58+,59+,61+,70+/m1/s1. The van der Waals surface area contributed by atoms with Crippen LogP contribution in [0.1, 0.15) is 99.5 Å². The number of rotatable bonds is 13. The number of H-pyrrole nitrogens is 2. The number of amides is 9. The second-order valence-corrected chi connectivity index (χ2v) is 27.7. The van der Waals surface area contributed by atoms with Gasteiger partial charge in [0.25, 0.3) is 0 Å². The SMILES string of the molecule is CO[C@H](C)[C@@H]1NC(=O)[C@@H]2CCCN2C(=O)[C@H](Cc2c[nH]c3ccc(F)cc23)NC(=O)[C@H](Cc2c[nH]c3ccc(F)cc23)NC(=O)CNC(=O)[C@H](CCCCN)CC(=O)CCSCc2cccc(c2)CSC[C@@H](C(N)=O)NC(=O)[C@]2(C)CCCN2C(=O)[C@H](Cc2ccc(O)cc2)NC1=O. The number of phenolic OH excluding ortho intramolecular Hbond substituents is 1. The third-order valence-corrected chi connectivity index (χ3v) is 20.6. The molecule has 2 aromatic heterocycles. The number of Topliss-reactive ketones (excluding diaryl/α,β-unsaturated/α-hetero) is 1. The predicted molar refractivity (Wildman–Crippen MR) is 368 cm³/mol. The zero-order chi connectivity index (χ0) is 70.2. The Balaban J connectivity index is 1.04. The van der Waals surface area contributed by atoms with E-state index in [0.29, 0.717) is 88.0 Å². The number of ketones is 1. The van der Waals surface area contributed by atoms with E-state index in [1.165, 1.54) is 95.9 Å². The van der Waals surface area contributed by atoms with Crippen molar-refractivity contribution in [3.05, 3.63) is 137 Å². The fraction of sp³-hybridized carbons (Fsp3) is 0.457. The van der Waals surface area contributed by atoms with E-state index >= 15 is 14.4 Å². The Morgan fingerprint density at radius 1 is 0.724 bits per heavy atom. The smallest absolute Gasteiger partial charge is 0.246 e. The number of carbonyl (C=O) groups excluding carboxylic acids is 10. The van der Waals surface area contributed by atoms with Crippen molar-refractivity contribution in [3.63, 3.8) is 0 Å². The minimum Gasteiger partial charge on any atom is -0.508 e. The van der Waals surface area contributed by atoms with Crippen molar-refractivity contribution in [2.45, 2.75) is 150 Å². The zero-order valence-electron chi connectivity index (χ0n) is 55.1. The summed E-state index contributed by atoms with van der Waals surface area (Å²) in [6, 6.07) is 13.3. The first-order valence-electron chi connectivity index (χ1n) is 33.0. The van der Waals surface area contributed by atoms with Crippen LogP contribution < -0.4 is 43.4 Å². The molecular weight excluding hydrogens is 1300 g/mol. The molecule has 0 spiro atoms. The van der Waals surface area contributed by atoms with Crippen LogP contribution in [0.2, 0.25) is 0 Å². The van der Waals surface area contributed by atoms with E-state index in [4.69, 9.17) is 16.2 Å². The van der Waals surface area contributed by atoms with Gasteiger partial charge in [0, 0.05) is 115 Å². The maximum atomic E-state index is 15.4. The molecule has 0 aliphatic carbocycles. The van der Waals surface area contributed by atoms with E-state index < -0.39 is 125 Å². The van der Waals surface area contributed by atoms with E-state index in [1.807, 2.05) is 24.3 Å². The fourth-order valence-electron chi connectivity index (χ4n) is 12.9. The number of nitrogens with zero attached hydrogens (tertiary/aromatic N) is 2. The number of aromatic nitrogens is 2. The van der Waals surface area contributed by atoms with Crippen LogP contribution in [0.3, 0.4) is 0 Å². The van der Waals surface area contributed by atoms with E-state index in [2.05, 4.69) is 41.9 Å². The van der Waals surface area contributed by atoms with Gasteiger partial charge < -0.3 is 73.0 Å². The van der Waals surface area contributed by atoms with Crippen molar-refractivity contribution in [2.75, 3.05) is 44.8 Å². The van der Waals surface area contributed by atoms with Gasteiger partial charge in [-0.05, 0) is 135 Å². The van der Waals surface area contributed by atoms with Gasteiger partial charge in [-0.2, -0.15) is 23.5 Å². The number of nitrogens with one attached hydrogen (secondary N) is 8. The molecule has 0 saturated carbocycles. The number of methoxy groups -OCH3 is 1. The van der Waals surface area contributed by atoms with Crippen LogP contribution in [0.5, 0.6) is 5.75 Å². The second kappa shape index (κ2) is 34.1. The molecule has 0 radical (unpaired) electrons. The van der Waals surface area contributed by atoms with E-state index in [0.717, 1.165) is 11.1 Å². The minimum absolute atomic E-state index is 0.0141. The molecule has 2 saturated heterocycles. The van der Waals surface area contributed by atoms with Crippen molar-refractivity contribution in [3.8, 4) is 5.75 Å². The zero-order valence-corrected chi connectivity index (χ0v) is 56.7. The Bertz CT molecular complexity index is 3890. The van der Waals surface area contributed by atoms with Crippen LogP contribution in [0.25, 0.3) is 21.8 Å². The summed E-state index contributed by atoms with van der Waals surface area (Å²) in [5, 5.41) is 27.6. The molecule has 6 aromatic rings. The molecule has 98 heavy (non-hydrogen) atoms. The highest BCUT2D eigenvalue weighted by molar-refractivity contribution is 7.98. The maximum Gasteiger partial charge on any atom is 0.246 e. The summed E-state index contributed by atoms with van der Waals surface area (Å²) >= 11 is 2.89. The number of phenols is 1. The molecule has 2 bridgehead atoms. The quantitative estimate of drug-likeness (QED) is 0.0716. The maximum absolute atomic E-state index is 15.4. The molecule has 5 heterocycles. The molecule has 0 unspecified atom stereocenters. The average molecular weight is 1390 g/mol. The van der Waals surface area contributed by atoms with Gasteiger partial charge in [0.2, 0.25) is 53.2 Å². The monoisotopic (exact) mass is 1390 g/mol. The van der Waals surface area contributed by atoms with Crippen molar-refractivity contribution < 1.29 is 66.6 Å². The third-order valence-electron chi connectivity index (χ3n) is 18.5. The van der Waals surface area contributed by atoms with Crippen LogP contribution in [0, 0.1) is 17.6 Å². The first-order valence-corrected chi connectivity index (χ1v) is 35.3. The number of benzene rings is 4. The molecule has 3 aliphatic heterocycles. The van der Waals surface area contributed by atoms with E-state index in [-0.39, 0.29) is 81.7 Å². The molecule has 2 fully saturated rings. The Morgan fingerprint density at radius 3 is 2.02 bits per heavy atom. The third kappa shape index (κ3) is 18.9. The Morgan fingerprint density at radius 2 is 1.37 bits per heavy atom. The summed E-state index contributed by atoms with van der Waals surface area (Å²) in [4.78, 5) is 154. The van der Waals surface area contributed by atoms with Gasteiger partial charge >= 0.3 is 0 Å². The Kier molecular flexibility index (Phi) is 25.5. The first kappa shape index (κ1) is 73.4. The van der Waals surface area contributed by atoms with Gasteiger partial charge in [0.1, 0.15) is 65.0 Å². The fourth-order valence-corrected chi connectivity index (χ4v) is 14.8. The van der Waals surface area contributed by atoms with E-state index in [1.54, 1.807) is 31.5 Å². The number of hydrogen-bond donors (Lipinski definition) is 11. The van der Waals surface area contributed by atoms with Crippen molar-refractivity contribution >= 4 is 104 Å². The number of ether oxygens (including phenoxy) is 1. The first-order chi connectivity index (χ1) is 47.0. The molecular formula is C70H86F2N12O12S2. The largest absolute Gasteiger partial charge is 0.508 e. The van der Waals surface area contributed by atoms with E-state index in [9.17, 15) is 47.4 Å².